The molecule has 0 saturated carbocycles. The zero-order valence-electron chi connectivity index (χ0n) is 10.8. The van der Waals surface area contributed by atoms with Crippen LogP contribution in [0.4, 0.5) is 0 Å². The molecule has 1 rings (SSSR count). The van der Waals surface area contributed by atoms with Gasteiger partial charge in [-0.1, -0.05) is 41.9 Å². The summed E-state index contributed by atoms with van der Waals surface area (Å²) in [5, 5.41) is 12.5. The summed E-state index contributed by atoms with van der Waals surface area (Å²) in [5.74, 6) is 0. The lowest BCUT2D eigenvalue weighted by Crippen LogP contribution is -2.32. The Morgan fingerprint density at radius 3 is 2.71 bits per heavy atom. The normalized spacial score (nSPS) is 13.7. The fraction of sp³-hybridized carbons (Fsp3) is 0.571. The molecule has 0 spiro atoms. The topological polar surface area (TPSA) is 32.3 Å². The average Bonchev–Trinajstić information content (AvgIpc) is 2.26. The standard InChI is InChI=1S/C14H22BrNO/c1-11(12-5-4-6-13(15)9-12)16-10-14(2,3)7-8-17/h4-6,9,11,16-17H,7-8,10H2,1-3H3. The largest absolute Gasteiger partial charge is 0.396 e. The van der Waals surface area contributed by atoms with Gasteiger partial charge in [0.25, 0.3) is 0 Å². The molecule has 1 unspecified atom stereocenters. The Kier molecular flexibility index (Phi) is 5.63. The zero-order valence-corrected chi connectivity index (χ0v) is 12.4. The number of rotatable bonds is 6. The second-order valence-electron chi connectivity index (χ2n) is 5.30. The van der Waals surface area contributed by atoms with Crippen LogP contribution in [0.1, 0.15) is 38.8 Å². The van der Waals surface area contributed by atoms with Gasteiger partial charge in [0.15, 0.2) is 0 Å². The first kappa shape index (κ1) is 14.7. The van der Waals surface area contributed by atoms with Crippen LogP contribution in [0.5, 0.6) is 0 Å². The number of hydrogen-bond donors (Lipinski definition) is 2. The van der Waals surface area contributed by atoms with Gasteiger partial charge in [-0.15, -0.1) is 0 Å². The Hall–Kier alpha value is -0.380. The highest BCUT2D eigenvalue weighted by Gasteiger charge is 2.18. The summed E-state index contributed by atoms with van der Waals surface area (Å²) in [6.07, 6.45) is 0.825. The summed E-state index contributed by atoms with van der Waals surface area (Å²) in [7, 11) is 0. The zero-order chi connectivity index (χ0) is 12.9. The van der Waals surface area contributed by atoms with Gasteiger partial charge in [-0.25, -0.2) is 0 Å². The third-order valence-corrected chi connectivity index (χ3v) is 3.52. The first-order valence-corrected chi connectivity index (χ1v) is 6.83. The van der Waals surface area contributed by atoms with Gasteiger partial charge in [0.1, 0.15) is 0 Å². The Labute approximate surface area is 113 Å². The van der Waals surface area contributed by atoms with Crippen molar-refractivity contribution in [3.63, 3.8) is 0 Å². The molecule has 1 aromatic rings. The molecule has 3 heteroatoms. The molecule has 0 aliphatic heterocycles. The number of benzene rings is 1. The average molecular weight is 300 g/mol. The molecular weight excluding hydrogens is 278 g/mol. The van der Waals surface area contributed by atoms with Gasteiger partial charge in [-0.3, -0.25) is 0 Å². The molecule has 0 amide bonds. The van der Waals surface area contributed by atoms with Crippen molar-refractivity contribution in [1.82, 2.24) is 5.32 Å². The predicted octanol–water partition coefficient (Wildman–Crippen LogP) is 3.51. The van der Waals surface area contributed by atoms with Gasteiger partial charge in [-0.2, -0.15) is 0 Å². The molecule has 1 atom stereocenters. The maximum Gasteiger partial charge on any atom is 0.0436 e. The molecule has 0 aliphatic rings. The lowest BCUT2D eigenvalue weighted by molar-refractivity contribution is 0.204. The van der Waals surface area contributed by atoms with Crippen molar-refractivity contribution < 1.29 is 5.11 Å². The molecule has 2 N–H and O–H groups in total. The van der Waals surface area contributed by atoms with Crippen LogP contribution in [0.15, 0.2) is 28.7 Å². The van der Waals surface area contributed by atoms with E-state index in [0.29, 0.717) is 6.04 Å². The number of nitrogens with one attached hydrogen (secondary N) is 1. The van der Waals surface area contributed by atoms with Gasteiger partial charge in [0, 0.05) is 23.7 Å². The predicted molar refractivity (Wildman–Crippen MR) is 76.0 cm³/mol. The fourth-order valence-corrected chi connectivity index (χ4v) is 2.13. The number of halogens is 1. The second kappa shape index (κ2) is 6.53. The van der Waals surface area contributed by atoms with E-state index < -0.39 is 0 Å². The molecule has 0 heterocycles. The quantitative estimate of drug-likeness (QED) is 0.842. The third-order valence-electron chi connectivity index (χ3n) is 3.02. The molecule has 0 aliphatic carbocycles. The van der Waals surface area contributed by atoms with Crippen LogP contribution in [-0.4, -0.2) is 18.3 Å². The van der Waals surface area contributed by atoms with Gasteiger partial charge in [0.2, 0.25) is 0 Å². The number of aliphatic hydroxyl groups is 1. The van der Waals surface area contributed by atoms with Gasteiger partial charge in [0.05, 0.1) is 0 Å². The summed E-state index contributed by atoms with van der Waals surface area (Å²) < 4.78 is 1.11. The molecule has 0 fully saturated rings. The summed E-state index contributed by atoms with van der Waals surface area (Å²) in [6, 6.07) is 8.67. The molecule has 0 radical (unpaired) electrons. The Balaban J connectivity index is 2.52. The van der Waals surface area contributed by atoms with E-state index in [2.05, 4.69) is 60.2 Å². The van der Waals surface area contributed by atoms with Crippen molar-refractivity contribution in [3.8, 4) is 0 Å². The van der Waals surface area contributed by atoms with Crippen LogP contribution in [0.3, 0.4) is 0 Å². The highest BCUT2D eigenvalue weighted by molar-refractivity contribution is 9.10. The molecule has 96 valence electrons. The van der Waals surface area contributed by atoms with Crippen LogP contribution < -0.4 is 5.32 Å². The van der Waals surface area contributed by atoms with Gasteiger partial charge < -0.3 is 10.4 Å². The van der Waals surface area contributed by atoms with Crippen molar-refractivity contribution in [2.24, 2.45) is 5.41 Å². The van der Waals surface area contributed by atoms with Crippen molar-refractivity contribution >= 4 is 15.9 Å². The van der Waals surface area contributed by atoms with E-state index in [1.54, 1.807) is 0 Å². The Bertz CT molecular complexity index is 352. The van der Waals surface area contributed by atoms with Gasteiger partial charge >= 0.3 is 0 Å². The van der Waals surface area contributed by atoms with E-state index >= 15 is 0 Å². The second-order valence-corrected chi connectivity index (χ2v) is 6.21. The van der Waals surface area contributed by atoms with Crippen LogP contribution in [0.25, 0.3) is 0 Å². The molecule has 1 aromatic carbocycles. The molecular formula is C14H22BrNO. The highest BCUT2D eigenvalue weighted by atomic mass is 79.9. The van der Waals surface area contributed by atoms with E-state index in [0.717, 1.165) is 17.4 Å². The van der Waals surface area contributed by atoms with E-state index in [4.69, 9.17) is 5.11 Å². The SMILES string of the molecule is CC(NCC(C)(C)CCO)c1cccc(Br)c1. The lowest BCUT2D eigenvalue weighted by Gasteiger charge is -2.26. The van der Waals surface area contributed by atoms with Crippen LogP contribution in [0.2, 0.25) is 0 Å². The number of aliphatic hydroxyl groups excluding tert-OH is 1. The Morgan fingerprint density at radius 1 is 1.41 bits per heavy atom. The van der Waals surface area contributed by atoms with E-state index in [9.17, 15) is 0 Å². The van der Waals surface area contributed by atoms with E-state index in [1.165, 1.54) is 5.56 Å². The summed E-state index contributed by atoms with van der Waals surface area (Å²) in [5.41, 5.74) is 1.41. The summed E-state index contributed by atoms with van der Waals surface area (Å²) in [4.78, 5) is 0. The molecule has 0 saturated heterocycles. The minimum Gasteiger partial charge on any atom is -0.396 e. The summed E-state index contributed by atoms with van der Waals surface area (Å²) in [6.45, 7) is 7.66. The molecule has 2 nitrogen and oxygen atoms in total. The van der Waals surface area contributed by atoms with Crippen LogP contribution in [0, 0.1) is 5.41 Å². The van der Waals surface area contributed by atoms with Crippen molar-refractivity contribution in [3.05, 3.63) is 34.3 Å². The van der Waals surface area contributed by atoms with Gasteiger partial charge in [-0.05, 0) is 36.5 Å². The maximum atomic E-state index is 8.99. The number of hydrogen-bond acceptors (Lipinski definition) is 2. The molecule has 17 heavy (non-hydrogen) atoms. The fourth-order valence-electron chi connectivity index (χ4n) is 1.71. The molecule has 0 bridgehead atoms. The maximum absolute atomic E-state index is 8.99. The van der Waals surface area contributed by atoms with E-state index in [1.807, 2.05) is 6.07 Å². The minimum atomic E-state index is 0.134. The summed E-state index contributed by atoms with van der Waals surface area (Å²) >= 11 is 3.49. The highest BCUT2D eigenvalue weighted by Crippen LogP contribution is 2.22. The lowest BCUT2D eigenvalue weighted by atomic mass is 9.89. The minimum absolute atomic E-state index is 0.134. The van der Waals surface area contributed by atoms with Crippen molar-refractivity contribution in [2.45, 2.75) is 33.2 Å². The van der Waals surface area contributed by atoms with Crippen LogP contribution in [-0.2, 0) is 0 Å². The monoisotopic (exact) mass is 299 g/mol. The smallest absolute Gasteiger partial charge is 0.0436 e. The first-order chi connectivity index (χ1) is 7.94. The molecule has 0 aromatic heterocycles. The Morgan fingerprint density at radius 2 is 2.12 bits per heavy atom. The van der Waals surface area contributed by atoms with E-state index in [-0.39, 0.29) is 12.0 Å². The van der Waals surface area contributed by atoms with Crippen molar-refractivity contribution in [2.75, 3.05) is 13.2 Å². The third kappa shape index (κ3) is 5.19. The van der Waals surface area contributed by atoms with Crippen LogP contribution >= 0.6 is 15.9 Å². The van der Waals surface area contributed by atoms with Crippen molar-refractivity contribution in [1.29, 1.82) is 0 Å². The first-order valence-electron chi connectivity index (χ1n) is 6.04.